The first-order valence-corrected chi connectivity index (χ1v) is 7.76. The van der Waals surface area contributed by atoms with Crippen LogP contribution in [0.3, 0.4) is 0 Å². The van der Waals surface area contributed by atoms with Gasteiger partial charge in [-0.1, -0.05) is 39.0 Å². The third-order valence-corrected chi connectivity index (χ3v) is 3.57. The molecule has 2 aromatic rings. The zero-order chi connectivity index (χ0) is 17.7. The fraction of sp³-hybridized carbons (Fsp3) is 0.316. The van der Waals surface area contributed by atoms with Crippen LogP contribution in [0.2, 0.25) is 0 Å². The summed E-state index contributed by atoms with van der Waals surface area (Å²) in [4.78, 5) is 12.1. The van der Waals surface area contributed by atoms with Crippen molar-refractivity contribution in [3.8, 4) is 11.5 Å². The van der Waals surface area contributed by atoms with E-state index in [-0.39, 0.29) is 30.3 Å². The Bertz CT molecular complexity index is 702. The SMILES string of the molecule is CC(C)(C)c1cccc(CO)c1OCC(=O)Nc1ccc(O)cc1. The minimum Gasteiger partial charge on any atom is -0.508 e. The van der Waals surface area contributed by atoms with Gasteiger partial charge < -0.3 is 20.3 Å². The van der Waals surface area contributed by atoms with E-state index in [0.717, 1.165) is 5.56 Å². The number of rotatable bonds is 5. The first kappa shape index (κ1) is 17.8. The average Bonchev–Trinajstić information content (AvgIpc) is 2.54. The molecule has 0 aliphatic rings. The summed E-state index contributed by atoms with van der Waals surface area (Å²) in [5.41, 5.74) is 1.99. The number of aliphatic hydroxyl groups excluding tert-OH is 1. The molecule has 0 spiro atoms. The molecule has 0 fully saturated rings. The molecule has 0 atom stereocenters. The predicted molar refractivity (Wildman–Crippen MR) is 93.3 cm³/mol. The van der Waals surface area contributed by atoms with Crippen molar-refractivity contribution in [3.63, 3.8) is 0 Å². The smallest absolute Gasteiger partial charge is 0.262 e. The molecule has 0 radical (unpaired) electrons. The van der Waals surface area contributed by atoms with Crippen molar-refractivity contribution in [1.82, 2.24) is 0 Å². The Morgan fingerprint density at radius 2 is 1.79 bits per heavy atom. The first-order valence-electron chi connectivity index (χ1n) is 7.76. The molecule has 5 nitrogen and oxygen atoms in total. The summed E-state index contributed by atoms with van der Waals surface area (Å²) < 4.78 is 5.72. The molecule has 1 amide bonds. The molecule has 0 bridgehead atoms. The summed E-state index contributed by atoms with van der Waals surface area (Å²) in [6.07, 6.45) is 0. The molecule has 0 saturated heterocycles. The lowest BCUT2D eigenvalue weighted by Crippen LogP contribution is -2.22. The van der Waals surface area contributed by atoms with Gasteiger partial charge in [-0.05, 0) is 35.2 Å². The second-order valence-corrected chi connectivity index (χ2v) is 6.59. The van der Waals surface area contributed by atoms with Gasteiger partial charge in [-0.3, -0.25) is 4.79 Å². The van der Waals surface area contributed by atoms with E-state index in [1.807, 2.05) is 32.9 Å². The van der Waals surface area contributed by atoms with Gasteiger partial charge in [0.2, 0.25) is 0 Å². The number of phenolic OH excluding ortho intramolecular Hbond substituents is 1. The molecule has 5 heteroatoms. The Balaban J connectivity index is 2.10. The number of anilines is 1. The maximum absolute atomic E-state index is 12.1. The minimum absolute atomic E-state index is 0.135. The van der Waals surface area contributed by atoms with Gasteiger partial charge in [0, 0.05) is 11.3 Å². The van der Waals surface area contributed by atoms with Crippen LogP contribution < -0.4 is 10.1 Å². The number of carbonyl (C=O) groups is 1. The molecule has 0 heterocycles. The number of hydrogen-bond acceptors (Lipinski definition) is 4. The quantitative estimate of drug-likeness (QED) is 0.736. The van der Waals surface area contributed by atoms with Gasteiger partial charge in [0.05, 0.1) is 6.61 Å². The van der Waals surface area contributed by atoms with Crippen LogP contribution in [-0.4, -0.2) is 22.7 Å². The zero-order valence-corrected chi connectivity index (χ0v) is 14.2. The van der Waals surface area contributed by atoms with Crippen LogP contribution in [-0.2, 0) is 16.8 Å². The molecule has 0 aliphatic carbocycles. The third kappa shape index (κ3) is 4.49. The van der Waals surface area contributed by atoms with Crippen molar-refractivity contribution in [1.29, 1.82) is 0 Å². The van der Waals surface area contributed by atoms with Crippen molar-refractivity contribution in [2.45, 2.75) is 32.8 Å². The molecule has 0 unspecified atom stereocenters. The van der Waals surface area contributed by atoms with Crippen molar-refractivity contribution in [2.75, 3.05) is 11.9 Å². The average molecular weight is 329 g/mol. The molecular weight excluding hydrogens is 306 g/mol. The van der Waals surface area contributed by atoms with E-state index >= 15 is 0 Å². The maximum atomic E-state index is 12.1. The van der Waals surface area contributed by atoms with Crippen molar-refractivity contribution in [3.05, 3.63) is 53.6 Å². The van der Waals surface area contributed by atoms with Crippen LogP contribution in [0, 0.1) is 0 Å². The van der Waals surface area contributed by atoms with Crippen LogP contribution in [0.25, 0.3) is 0 Å². The molecular formula is C19H23NO4. The Hall–Kier alpha value is -2.53. The number of carbonyl (C=O) groups excluding carboxylic acids is 1. The minimum atomic E-state index is -0.312. The van der Waals surface area contributed by atoms with Crippen molar-refractivity contribution >= 4 is 11.6 Å². The molecule has 0 aromatic heterocycles. The molecule has 2 rings (SSSR count). The van der Waals surface area contributed by atoms with Crippen LogP contribution in [0.1, 0.15) is 31.9 Å². The lowest BCUT2D eigenvalue weighted by atomic mass is 9.85. The van der Waals surface area contributed by atoms with E-state index in [9.17, 15) is 15.0 Å². The summed E-state index contributed by atoms with van der Waals surface area (Å²) in [6.45, 7) is 5.83. The molecule has 0 aliphatic heterocycles. The standard InChI is InChI=1S/C19H23NO4/c1-19(2,3)16-6-4-5-13(11-21)18(16)24-12-17(23)20-14-7-9-15(22)10-8-14/h4-10,21-22H,11-12H2,1-3H3,(H,20,23). The topological polar surface area (TPSA) is 78.8 Å². The van der Waals surface area contributed by atoms with Gasteiger partial charge in [0.15, 0.2) is 6.61 Å². The molecule has 128 valence electrons. The molecule has 3 N–H and O–H groups in total. The highest BCUT2D eigenvalue weighted by molar-refractivity contribution is 5.91. The molecule has 24 heavy (non-hydrogen) atoms. The van der Waals surface area contributed by atoms with Crippen molar-refractivity contribution < 1.29 is 19.7 Å². The van der Waals surface area contributed by atoms with E-state index < -0.39 is 0 Å². The second-order valence-electron chi connectivity index (χ2n) is 6.59. The van der Waals surface area contributed by atoms with Gasteiger partial charge >= 0.3 is 0 Å². The van der Waals surface area contributed by atoms with Crippen LogP contribution in [0.5, 0.6) is 11.5 Å². The number of phenols is 1. The summed E-state index contributed by atoms with van der Waals surface area (Å²) >= 11 is 0. The van der Waals surface area contributed by atoms with Crippen LogP contribution in [0.4, 0.5) is 5.69 Å². The van der Waals surface area contributed by atoms with E-state index in [4.69, 9.17) is 4.74 Å². The zero-order valence-electron chi connectivity index (χ0n) is 14.2. The monoisotopic (exact) mass is 329 g/mol. The van der Waals surface area contributed by atoms with E-state index in [1.54, 1.807) is 18.2 Å². The summed E-state index contributed by atoms with van der Waals surface area (Å²) in [5.74, 6) is 0.373. The summed E-state index contributed by atoms with van der Waals surface area (Å²) in [6, 6.07) is 11.8. The number of aliphatic hydroxyl groups is 1. The second kappa shape index (κ2) is 7.36. The van der Waals surface area contributed by atoms with E-state index in [1.165, 1.54) is 12.1 Å². The maximum Gasteiger partial charge on any atom is 0.262 e. The Morgan fingerprint density at radius 1 is 1.12 bits per heavy atom. The van der Waals surface area contributed by atoms with Crippen molar-refractivity contribution in [2.24, 2.45) is 0 Å². The Labute approximate surface area is 141 Å². The van der Waals surface area contributed by atoms with Crippen LogP contribution in [0.15, 0.2) is 42.5 Å². The third-order valence-electron chi connectivity index (χ3n) is 3.57. The lowest BCUT2D eigenvalue weighted by molar-refractivity contribution is -0.118. The number of para-hydroxylation sites is 1. The van der Waals surface area contributed by atoms with Gasteiger partial charge in [-0.2, -0.15) is 0 Å². The summed E-state index contributed by atoms with van der Waals surface area (Å²) in [5, 5.41) is 21.5. The number of benzene rings is 2. The predicted octanol–water partition coefficient (Wildman–Crippen LogP) is 3.20. The fourth-order valence-corrected chi connectivity index (χ4v) is 2.35. The molecule has 2 aromatic carbocycles. The van der Waals surface area contributed by atoms with Gasteiger partial charge in [-0.15, -0.1) is 0 Å². The highest BCUT2D eigenvalue weighted by atomic mass is 16.5. The van der Waals surface area contributed by atoms with E-state index in [0.29, 0.717) is 17.0 Å². The van der Waals surface area contributed by atoms with Crippen LogP contribution >= 0.6 is 0 Å². The molecule has 0 saturated carbocycles. The summed E-state index contributed by atoms with van der Waals surface area (Å²) in [7, 11) is 0. The number of nitrogens with one attached hydrogen (secondary N) is 1. The number of amides is 1. The van der Waals surface area contributed by atoms with E-state index in [2.05, 4.69) is 5.32 Å². The Morgan fingerprint density at radius 3 is 2.38 bits per heavy atom. The normalized spacial score (nSPS) is 11.2. The largest absolute Gasteiger partial charge is 0.508 e. The highest BCUT2D eigenvalue weighted by Crippen LogP contribution is 2.34. The number of aromatic hydroxyl groups is 1. The Kier molecular flexibility index (Phi) is 5.46. The van der Waals surface area contributed by atoms with Gasteiger partial charge in [0.1, 0.15) is 11.5 Å². The fourth-order valence-electron chi connectivity index (χ4n) is 2.35. The first-order chi connectivity index (χ1) is 11.3. The van der Waals surface area contributed by atoms with Gasteiger partial charge in [0.25, 0.3) is 5.91 Å². The lowest BCUT2D eigenvalue weighted by Gasteiger charge is -2.24. The van der Waals surface area contributed by atoms with Gasteiger partial charge in [-0.25, -0.2) is 0 Å². The number of hydrogen-bond donors (Lipinski definition) is 3. The highest BCUT2D eigenvalue weighted by Gasteiger charge is 2.21. The number of ether oxygens (including phenoxy) is 1.